The minimum absolute atomic E-state index is 0.0301. The van der Waals surface area contributed by atoms with Gasteiger partial charge in [0, 0.05) is 10.0 Å². The average Bonchev–Trinajstić information content (AvgIpc) is 2.72. The van der Waals surface area contributed by atoms with Crippen LogP contribution in [0.3, 0.4) is 0 Å². The molecule has 0 aliphatic carbocycles. The molecule has 16 heavy (non-hydrogen) atoms. The summed E-state index contributed by atoms with van der Waals surface area (Å²) in [6.07, 6.45) is 0. The minimum Gasteiger partial charge on any atom is -0.473 e. The lowest BCUT2D eigenvalue weighted by Gasteiger charge is -2.01. The molecule has 0 unspecified atom stereocenters. The van der Waals surface area contributed by atoms with E-state index in [-0.39, 0.29) is 6.61 Å². The van der Waals surface area contributed by atoms with E-state index in [0.717, 1.165) is 20.6 Å². The molecule has 84 valence electrons. The highest BCUT2D eigenvalue weighted by atomic mass is 79.9. The number of nitrogens with zero attached hydrogens (tertiary/aromatic N) is 1. The molecule has 1 N–H and O–H groups in total. The highest BCUT2D eigenvalue weighted by molar-refractivity contribution is 9.10. The summed E-state index contributed by atoms with van der Waals surface area (Å²) in [6, 6.07) is 7.78. The summed E-state index contributed by atoms with van der Waals surface area (Å²) < 4.78 is 6.04. The number of halogens is 1. The number of aliphatic hydroxyl groups excluding tert-OH is 1. The molecule has 5 heteroatoms. The van der Waals surface area contributed by atoms with Crippen LogP contribution in [0.2, 0.25) is 0 Å². The number of ether oxygens (including phenoxy) is 1. The molecule has 0 radical (unpaired) electrons. The Kier molecular flexibility index (Phi) is 3.58. The lowest BCUT2D eigenvalue weighted by atomic mass is 10.1. The zero-order valence-corrected chi connectivity index (χ0v) is 11.0. The fraction of sp³-hybridized carbons (Fsp3) is 0.182. The van der Waals surface area contributed by atoms with Crippen molar-refractivity contribution in [1.29, 1.82) is 0 Å². The van der Waals surface area contributed by atoms with Crippen LogP contribution in [0.1, 0.15) is 4.88 Å². The van der Waals surface area contributed by atoms with Crippen LogP contribution in [0.4, 0.5) is 0 Å². The second-order valence-corrected chi connectivity index (χ2v) is 4.99. The monoisotopic (exact) mass is 299 g/mol. The molecule has 2 rings (SSSR count). The Morgan fingerprint density at radius 1 is 1.44 bits per heavy atom. The normalized spacial score (nSPS) is 10.4. The maximum Gasteiger partial charge on any atom is 0.273 e. The zero-order chi connectivity index (χ0) is 11.5. The Morgan fingerprint density at radius 3 is 2.81 bits per heavy atom. The first kappa shape index (κ1) is 11.6. The van der Waals surface area contributed by atoms with E-state index >= 15 is 0 Å². The third-order valence-electron chi connectivity index (χ3n) is 2.12. The highest BCUT2D eigenvalue weighted by Gasteiger charge is 2.14. The van der Waals surface area contributed by atoms with E-state index in [1.165, 1.54) is 11.3 Å². The topological polar surface area (TPSA) is 42.4 Å². The van der Waals surface area contributed by atoms with Crippen molar-refractivity contribution in [3.8, 4) is 16.5 Å². The first-order chi connectivity index (χ1) is 7.76. The number of aliphatic hydroxyl groups is 1. The summed E-state index contributed by atoms with van der Waals surface area (Å²) in [5.74, 6) is 0. The molecule has 0 atom stereocenters. The van der Waals surface area contributed by atoms with Gasteiger partial charge in [-0.2, -0.15) is 0 Å². The van der Waals surface area contributed by atoms with Gasteiger partial charge in [0.25, 0.3) is 5.19 Å². The average molecular weight is 300 g/mol. The number of rotatable bonds is 3. The number of aromatic nitrogens is 1. The van der Waals surface area contributed by atoms with Gasteiger partial charge in [0.1, 0.15) is 0 Å². The van der Waals surface area contributed by atoms with Crippen molar-refractivity contribution in [3.05, 3.63) is 33.6 Å². The standard InChI is InChI=1S/C11H10BrNO2S/c1-15-11-13-10(9(6-14)16-11)7-4-2-3-5-8(7)12/h2-5,14H,6H2,1H3. The van der Waals surface area contributed by atoms with Crippen LogP contribution in [0.25, 0.3) is 11.3 Å². The summed E-state index contributed by atoms with van der Waals surface area (Å²) in [5, 5.41) is 9.84. The zero-order valence-electron chi connectivity index (χ0n) is 8.61. The van der Waals surface area contributed by atoms with E-state index in [0.29, 0.717) is 5.19 Å². The third-order valence-corrected chi connectivity index (χ3v) is 3.82. The second-order valence-electron chi connectivity index (χ2n) is 3.09. The maximum absolute atomic E-state index is 9.28. The van der Waals surface area contributed by atoms with Crippen molar-refractivity contribution in [1.82, 2.24) is 4.98 Å². The van der Waals surface area contributed by atoms with Crippen molar-refractivity contribution in [2.45, 2.75) is 6.61 Å². The molecule has 0 saturated carbocycles. The SMILES string of the molecule is COc1nc(-c2ccccc2Br)c(CO)s1. The Balaban J connectivity index is 2.54. The quantitative estimate of drug-likeness (QED) is 0.947. The molecule has 1 aromatic heterocycles. The summed E-state index contributed by atoms with van der Waals surface area (Å²) in [4.78, 5) is 5.15. The van der Waals surface area contributed by atoms with Gasteiger partial charge < -0.3 is 9.84 Å². The molecule has 0 spiro atoms. The van der Waals surface area contributed by atoms with Crippen LogP contribution in [-0.2, 0) is 6.61 Å². The largest absolute Gasteiger partial charge is 0.473 e. The van der Waals surface area contributed by atoms with Crippen molar-refractivity contribution >= 4 is 27.3 Å². The van der Waals surface area contributed by atoms with Gasteiger partial charge in [0.15, 0.2) is 0 Å². The van der Waals surface area contributed by atoms with Crippen LogP contribution in [0.15, 0.2) is 28.7 Å². The van der Waals surface area contributed by atoms with E-state index in [2.05, 4.69) is 20.9 Å². The highest BCUT2D eigenvalue weighted by Crippen LogP contribution is 2.35. The van der Waals surface area contributed by atoms with E-state index in [1.807, 2.05) is 24.3 Å². The molecule has 1 heterocycles. The molecular weight excluding hydrogens is 290 g/mol. The summed E-state index contributed by atoms with van der Waals surface area (Å²) >= 11 is 4.83. The van der Waals surface area contributed by atoms with Crippen molar-refractivity contribution in [2.24, 2.45) is 0 Å². The number of thiazole rings is 1. The van der Waals surface area contributed by atoms with Gasteiger partial charge in [-0.15, -0.1) is 0 Å². The molecule has 0 aliphatic heterocycles. The predicted molar refractivity (Wildman–Crippen MR) is 67.7 cm³/mol. The molecule has 0 bridgehead atoms. The van der Waals surface area contributed by atoms with E-state index < -0.39 is 0 Å². The van der Waals surface area contributed by atoms with Crippen LogP contribution in [0.5, 0.6) is 5.19 Å². The lowest BCUT2D eigenvalue weighted by molar-refractivity contribution is 0.286. The van der Waals surface area contributed by atoms with Crippen LogP contribution < -0.4 is 4.74 Å². The second kappa shape index (κ2) is 4.95. The molecule has 0 aliphatic rings. The van der Waals surface area contributed by atoms with Gasteiger partial charge >= 0.3 is 0 Å². The number of benzene rings is 1. The van der Waals surface area contributed by atoms with E-state index in [1.54, 1.807) is 7.11 Å². The van der Waals surface area contributed by atoms with Gasteiger partial charge in [-0.3, -0.25) is 0 Å². The van der Waals surface area contributed by atoms with E-state index in [9.17, 15) is 5.11 Å². The molecular formula is C11H10BrNO2S. The smallest absolute Gasteiger partial charge is 0.273 e. The summed E-state index contributed by atoms with van der Waals surface area (Å²) in [7, 11) is 1.57. The number of hydrogen-bond donors (Lipinski definition) is 1. The van der Waals surface area contributed by atoms with Crippen LogP contribution >= 0.6 is 27.3 Å². The first-order valence-corrected chi connectivity index (χ1v) is 6.26. The fourth-order valence-corrected chi connectivity index (χ4v) is 2.61. The van der Waals surface area contributed by atoms with Crippen LogP contribution in [0, 0.1) is 0 Å². The molecule has 0 amide bonds. The Bertz CT molecular complexity index is 498. The van der Waals surface area contributed by atoms with Gasteiger partial charge in [-0.05, 0) is 6.07 Å². The number of hydrogen-bond acceptors (Lipinski definition) is 4. The van der Waals surface area contributed by atoms with E-state index in [4.69, 9.17) is 4.74 Å². The summed E-state index contributed by atoms with van der Waals surface area (Å²) in [5.41, 5.74) is 1.74. The third kappa shape index (κ3) is 2.11. The predicted octanol–water partition coefficient (Wildman–Crippen LogP) is 3.07. The van der Waals surface area contributed by atoms with Crippen molar-refractivity contribution in [3.63, 3.8) is 0 Å². The molecule has 3 nitrogen and oxygen atoms in total. The van der Waals surface area contributed by atoms with Gasteiger partial charge in [0.2, 0.25) is 0 Å². The van der Waals surface area contributed by atoms with Gasteiger partial charge in [0.05, 0.1) is 24.3 Å². The van der Waals surface area contributed by atoms with Crippen molar-refractivity contribution < 1.29 is 9.84 Å². The van der Waals surface area contributed by atoms with Gasteiger partial charge in [-0.25, -0.2) is 4.98 Å². The maximum atomic E-state index is 9.28. The molecule has 0 saturated heterocycles. The molecule has 0 fully saturated rings. The molecule has 1 aromatic carbocycles. The first-order valence-electron chi connectivity index (χ1n) is 4.65. The Morgan fingerprint density at radius 2 is 2.19 bits per heavy atom. The Labute approximate surface area is 106 Å². The fourth-order valence-electron chi connectivity index (χ4n) is 1.39. The minimum atomic E-state index is -0.0301. The lowest BCUT2D eigenvalue weighted by Crippen LogP contribution is -1.86. The Hall–Kier alpha value is -0.910. The van der Waals surface area contributed by atoms with Crippen LogP contribution in [-0.4, -0.2) is 17.2 Å². The summed E-state index contributed by atoms with van der Waals surface area (Å²) in [6.45, 7) is -0.0301. The van der Waals surface area contributed by atoms with Crippen molar-refractivity contribution in [2.75, 3.05) is 7.11 Å². The number of methoxy groups -OCH3 is 1. The molecule has 2 aromatic rings. The van der Waals surface area contributed by atoms with Gasteiger partial charge in [-0.1, -0.05) is 45.5 Å².